The van der Waals surface area contributed by atoms with Crippen molar-refractivity contribution in [2.75, 3.05) is 4.90 Å². The number of nitro benzene ring substituents is 1. The van der Waals surface area contributed by atoms with E-state index in [1.165, 1.54) is 18.2 Å². The number of benzene rings is 4. The molecule has 0 aromatic heterocycles. The maximum atomic E-state index is 14.6. The number of non-ortho nitro benzene ring substituents is 1. The van der Waals surface area contributed by atoms with Gasteiger partial charge in [0.05, 0.1) is 11.0 Å². The zero-order valence-electron chi connectivity index (χ0n) is 21.1. The summed E-state index contributed by atoms with van der Waals surface area (Å²) >= 11 is 0. The second-order valence-electron chi connectivity index (χ2n) is 10.3. The number of hydrogen-bond donors (Lipinski definition) is 0. The fraction of sp³-hybridized carbons (Fsp3) is 0.121. The Morgan fingerprint density at radius 3 is 2.15 bits per heavy atom. The van der Waals surface area contributed by atoms with Gasteiger partial charge >= 0.3 is 0 Å². The average Bonchev–Trinajstić information content (AvgIpc) is 3.43. The van der Waals surface area contributed by atoms with Crippen LogP contribution >= 0.6 is 0 Å². The van der Waals surface area contributed by atoms with E-state index in [4.69, 9.17) is 0 Å². The van der Waals surface area contributed by atoms with Gasteiger partial charge in [-0.15, -0.1) is 0 Å². The van der Waals surface area contributed by atoms with E-state index in [1.807, 2.05) is 71.6 Å². The molecule has 1 fully saturated rings. The zero-order chi connectivity index (χ0) is 27.6. The minimum absolute atomic E-state index is 0.151. The van der Waals surface area contributed by atoms with Gasteiger partial charge in [0.25, 0.3) is 5.69 Å². The second-order valence-corrected chi connectivity index (χ2v) is 10.3. The molecule has 7 nitrogen and oxygen atoms in total. The molecule has 2 heterocycles. The van der Waals surface area contributed by atoms with Gasteiger partial charge in [0.2, 0.25) is 0 Å². The summed E-state index contributed by atoms with van der Waals surface area (Å²) in [5, 5.41) is 11.6. The number of carbonyl (C=O) groups excluding carboxylic acids is 3. The number of rotatable bonds is 4. The first-order chi connectivity index (χ1) is 19.4. The molecule has 0 saturated carbocycles. The lowest BCUT2D eigenvalue weighted by molar-refractivity contribution is -0.384. The number of hydrogen-bond acceptors (Lipinski definition) is 6. The molecule has 1 saturated heterocycles. The van der Waals surface area contributed by atoms with E-state index < -0.39 is 28.3 Å². The van der Waals surface area contributed by atoms with Crippen LogP contribution < -0.4 is 4.90 Å². The molecule has 194 valence electrons. The third-order valence-electron chi connectivity index (χ3n) is 8.48. The van der Waals surface area contributed by atoms with Gasteiger partial charge in [0.1, 0.15) is 11.5 Å². The Kier molecular flexibility index (Phi) is 5.19. The zero-order valence-corrected chi connectivity index (χ0v) is 21.1. The molecule has 0 bridgehead atoms. The van der Waals surface area contributed by atoms with Crippen LogP contribution in [0.15, 0.2) is 109 Å². The SMILES string of the molecule is O=C(c1cccc([N+](=O)[O-])c1)C1C(c2ccccc2)C2(C(=O)c3ccccc3C2=O)C2C=Cc3ccccc3N12. The summed E-state index contributed by atoms with van der Waals surface area (Å²) in [6.07, 6.45) is 3.77. The summed E-state index contributed by atoms with van der Waals surface area (Å²) < 4.78 is 0. The molecular formula is C33H22N2O5. The Labute approximate surface area is 229 Å². The van der Waals surface area contributed by atoms with Crippen molar-refractivity contribution >= 4 is 34.8 Å². The molecular weight excluding hydrogens is 504 g/mol. The number of carbonyl (C=O) groups is 3. The lowest BCUT2D eigenvalue weighted by Crippen LogP contribution is -2.48. The van der Waals surface area contributed by atoms with Crippen LogP contribution in [0.2, 0.25) is 0 Å². The van der Waals surface area contributed by atoms with Crippen LogP contribution in [0.25, 0.3) is 6.08 Å². The van der Waals surface area contributed by atoms with E-state index in [0.29, 0.717) is 16.7 Å². The molecule has 2 aliphatic heterocycles. The van der Waals surface area contributed by atoms with Gasteiger partial charge in [-0.3, -0.25) is 24.5 Å². The fourth-order valence-corrected chi connectivity index (χ4v) is 6.89. The van der Waals surface area contributed by atoms with Gasteiger partial charge in [0, 0.05) is 40.4 Å². The molecule has 7 rings (SSSR count). The summed E-state index contributed by atoms with van der Waals surface area (Å²) in [6.45, 7) is 0. The minimum Gasteiger partial charge on any atom is -0.352 e. The highest BCUT2D eigenvalue weighted by molar-refractivity contribution is 6.32. The fourth-order valence-electron chi connectivity index (χ4n) is 6.89. The second kappa shape index (κ2) is 8.68. The highest BCUT2D eigenvalue weighted by Crippen LogP contribution is 2.60. The molecule has 3 unspecified atom stereocenters. The highest BCUT2D eigenvalue weighted by Gasteiger charge is 2.71. The van der Waals surface area contributed by atoms with Crippen molar-refractivity contribution in [2.45, 2.75) is 18.0 Å². The summed E-state index contributed by atoms with van der Waals surface area (Å²) in [7, 11) is 0. The predicted molar refractivity (Wildman–Crippen MR) is 150 cm³/mol. The van der Waals surface area contributed by atoms with Crippen LogP contribution in [0.5, 0.6) is 0 Å². The van der Waals surface area contributed by atoms with Gasteiger partial charge in [0.15, 0.2) is 17.3 Å². The highest BCUT2D eigenvalue weighted by atomic mass is 16.6. The summed E-state index contributed by atoms with van der Waals surface area (Å²) in [6, 6.07) is 27.5. The number of fused-ring (bicyclic) bond motifs is 5. The summed E-state index contributed by atoms with van der Waals surface area (Å²) in [5.74, 6) is -1.86. The molecule has 40 heavy (non-hydrogen) atoms. The standard InChI is InChI=1S/C33H22N2O5/c36-30(22-12-8-13-23(19-22)35(39)40)29-28(21-10-2-1-3-11-21)33(31(37)24-14-5-6-15-25(24)32(33)38)27-18-17-20-9-4-7-16-26(20)34(27)29/h1-19,27-29H. The Morgan fingerprint density at radius 2 is 1.45 bits per heavy atom. The van der Waals surface area contributed by atoms with E-state index in [9.17, 15) is 24.5 Å². The molecule has 7 heteroatoms. The Bertz CT molecular complexity index is 1740. The molecule has 3 atom stereocenters. The molecule has 0 amide bonds. The smallest absolute Gasteiger partial charge is 0.270 e. The van der Waals surface area contributed by atoms with Crippen LogP contribution in [0, 0.1) is 15.5 Å². The minimum atomic E-state index is -1.60. The lowest BCUT2D eigenvalue weighted by Gasteiger charge is -2.37. The quantitative estimate of drug-likeness (QED) is 0.142. The number of para-hydroxylation sites is 1. The van der Waals surface area contributed by atoms with Crippen molar-refractivity contribution in [1.29, 1.82) is 0 Å². The van der Waals surface area contributed by atoms with Crippen LogP contribution in [0.3, 0.4) is 0 Å². The third kappa shape index (κ3) is 3.09. The van der Waals surface area contributed by atoms with Crippen molar-refractivity contribution < 1.29 is 19.3 Å². The van der Waals surface area contributed by atoms with Gasteiger partial charge in [-0.1, -0.05) is 97.1 Å². The third-order valence-corrected chi connectivity index (χ3v) is 8.48. The monoisotopic (exact) mass is 526 g/mol. The predicted octanol–water partition coefficient (Wildman–Crippen LogP) is 5.91. The molecule has 1 aliphatic carbocycles. The normalized spacial score (nSPS) is 21.7. The molecule has 1 spiro atoms. The first-order valence-electron chi connectivity index (χ1n) is 13.0. The van der Waals surface area contributed by atoms with Gasteiger partial charge < -0.3 is 4.90 Å². The van der Waals surface area contributed by atoms with Crippen molar-refractivity contribution in [3.05, 3.63) is 147 Å². The van der Waals surface area contributed by atoms with Crippen molar-refractivity contribution in [1.82, 2.24) is 0 Å². The van der Waals surface area contributed by atoms with Gasteiger partial charge in [-0.2, -0.15) is 0 Å². The Balaban J connectivity index is 1.53. The van der Waals surface area contributed by atoms with Crippen LogP contribution in [0.1, 0.15) is 48.1 Å². The molecule has 0 N–H and O–H groups in total. The number of anilines is 1. The topological polar surface area (TPSA) is 97.6 Å². The van der Waals surface area contributed by atoms with Crippen LogP contribution in [-0.4, -0.2) is 34.4 Å². The van der Waals surface area contributed by atoms with Gasteiger partial charge in [-0.25, -0.2) is 0 Å². The van der Waals surface area contributed by atoms with E-state index in [1.54, 1.807) is 30.3 Å². The van der Waals surface area contributed by atoms with Crippen molar-refractivity contribution in [3.63, 3.8) is 0 Å². The van der Waals surface area contributed by atoms with Crippen LogP contribution in [-0.2, 0) is 0 Å². The Morgan fingerprint density at radius 1 is 0.800 bits per heavy atom. The van der Waals surface area contributed by atoms with E-state index in [2.05, 4.69) is 0 Å². The summed E-state index contributed by atoms with van der Waals surface area (Å²) in [4.78, 5) is 56.6. The number of Topliss-reactive ketones (excluding diaryl/α,β-unsaturated/α-hetero) is 3. The number of ketones is 3. The molecule has 4 aromatic carbocycles. The van der Waals surface area contributed by atoms with Gasteiger partial charge in [-0.05, 0) is 17.2 Å². The van der Waals surface area contributed by atoms with Crippen molar-refractivity contribution in [3.8, 4) is 0 Å². The Hall–Kier alpha value is -5.17. The number of nitrogens with zero attached hydrogens (tertiary/aromatic N) is 2. The maximum absolute atomic E-state index is 14.6. The largest absolute Gasteiger partial charge is 0.352 e. The summed E-state index contributed by atoms with van der Waals surface area (Å²) in [5.41, 5.74) is 1.32. The maximum Gasteiger partial charge on any atom is 0.270 e. The number of nitro groups is 1. The first kappa shape index (κ1) is 23.9. The molecule has 3 aliphatic rings. The first-order valence-corrected chi connectivity index (χ1v) is 13.0. The average molecular weight is 527 g/mol. The molecule has 4 aromatic rings. The van der Waals surface area contributed by atoms with Crippen molar-refractivity contribution in [2.24, 2.45) is 5.41 Å². The lowest BCUT2D eigenvalue weighted by atomic mass is 9.64. The van der Waals surface area contributed by atoms with E-state index in [-0.39, 0.29) is 28.6 Å². The molecule has 0 radical (unpaired) electrons. The van der Waals surface area contributed by atoms with E-state index >= 15 is 0 Å². The van der Waals surface area contributed by atoms with E-state index in [0.717, 1.165) is 11.3 Å². The van der Waals surface area contributed by atoms with Crippen LogP contribution in [0.4, 0.5) is 11.4 Å².